The number of carbonyl (C=O) groups is 2. The number of H-pyrrole nitrogens is 1. The molecule has 0 saturated carbocycles. The van der Waals surface area contributed by atoms with E-state index in [-0.39, 0.29) is 0 Å². The van der Waals surface area contributed by atoms with Crippen molar-refractivity contribution in [3.05, 3.63) is 54.6 Å². The average molecular weight is 247 g/mol. The molecule has 0 saturated heterocycles. The van der Waals surface area contributed by atoms with Crippen molar-refractivity contribution >= 4 is 12.1 Å². The molecule has 18 heavy (non-hydrogen) atoms. The van der Waals surface area contributed by atoms with E-state index in [0.717, 1.165) is 0 Å². The summed E-state index contributed by atoms with van der Waals surface area (Å²) in [5, 5.41) is 2.18. The number of aromatic nitrogens is 2. The number of hydrogen-bond acceptors (Lipinski definition) is 4. The zero-order valence-electron chi connectivity index (χ0n) is 9.79. The molecule has 0 aliphatic rings. The number of nitrogens with one attached hydrogen (secondary N) is 2. The van der Waals surface area contributed by atoms with Crippen LogP contribution >= 0.6 is 0 Å². The van der Waals surface area contributed by atoms with Crippen molar-refractivity contribution in [3.8, 4) is 0 Å². The van der Waals surface area contributed by atoms with E-state index in [4.69, 9.17) is 0 Å². The van der Waals surface area contributed by atoms with E-state index in [0.29, 0.717) is 5.56 Å². The number of alkyl carbamates (subject to hydrolysis) is 1. The number of hydrogen-bond donors (Lipinski definition) is 2. The molecular weight excluding hydrogens is 234 g/mol. The predicted octanol–water partition coefficient (Wildman–Crippen LogP) is 1.59. The van der Waals surface area contributed by atoms with Gasteiger partial charge in [0.25, 0.3) is 0 Å². The highest BCUT2D eigenvalue weighted by Gasteiger charge is 2.09. The zero-order chi connectivity index (χ0) is 13.2. The van der Waals surface area contributed by atoms with E-state index in [1.165, 1.54) is 7.05 Å². The van der Waals surface area contributed by atoms with Crippen molar-refractivity contribution in [2.45, 2.75) is 0 Å². The van der Waals surface area contributed by atoms with Crippen molar-refractivity contribution in [1.29, 1.82) is 0 Å². The Morgan fingerprint density at radius 2 is 2.00 bits per heavy atom. The zero-order valence-corrected chi connectivity index (χ0v) is 9.79. The third kappa shape index (κ3) is 4.93. The highest BCUT2D eigenvalue weighted by molar-refractivity contribution is 5.96. The number of rotatable bonds is 1. The quantitative estimate of drug-likeness (QED) is 0.592. The molecule has 1 aromatic carbocycles. The van der Waals surface area contributed by atoms with E-state index in [9.17, 15) is 9.59 Å². The second-order valence-electron chi connectivity index (χ2n) is 3.05. The third-order valence-corrected chi connectivity index (χ3v) is 1.80. The molecule has 0 radical (unpaired) electrons. The number of aromatic amines is 1. The number of amides is 1. The molecule has 1 aromatic heterocycles. The van der Waals surface area contributed by atoms with Gasteiger partial charge in [0.2, 0.25) is 0 Å². The van der Waals surface area contributed by atoms with Crippen LogP contribution in [-0.2, 0) is 4.74 Å². The Hall–Kier alpha value is -2.63. The number of nitrogens with zero attached hydrogens (tertiary/aromatic N) is 1. The lowest BCUT2D eigenvalue weighted by Crippen LogP contribution is -2.22. The maximum absolute atomic E-state index is 11.1. The molecule has 6 heteroatoms. The second-order valence-corrected chi connectivity index (χ2v) is 3.05. The minimum Gasteiger partial charge on any atom is -0.373 e. The maximum Gasteiger partial charge on any atom is 0.414 e. The molecule has 2 rings (SSSR count). The summed E-state index contributed by atoms with van der Waals surface area (Å²) in [5.41, 5.74) is 0.353. The summed E-state index contributed by atoms with van der Waals surface area (Å²) >= 11 is 0. The Bertz CT molecular complexity index is 451. The monoisotopic (exact) mass is 247 g/mol. The summed E-state index contributed by atoms with van der Waals surface area (Å²) in [5.74, 6) is -0.653. The van der Waals surface area contributed by atoms with Gasteiger partial charge < -0.3 is 15.0 Å². The van der Waals surface area contributed by atoms with Gasteiger partial charge in [-0.25, -0.2) is 14.6 Å². The van der Waals surface area contributed by atoms with Crippen LogP contribution in [0.5, 0.6) is 0 Å². The summed E-state index contributed by atoms with van der Waals surface area (Å²) in [6, 6.07) is 8.31. The lowest BCUT2D eigenvalue weighted by Gasteiger charge is -2.00. The highest BCUT2D eigenvalue weighted by Crippen LogP contribution is 2.00. The number of carbonyl (C=O) groups excluding carboxylic acids is 2. The van der Waals surface area contributed by atoms with Crippen molar-refractivity contribution in [3.63, 3.8) is 0 Å². The summed E-state index contributed by atoms with van der Waals surface area (Å²) in [7, 11) is 1.39. The van der Waals surface area contributed by atoms with Crippen LogP contribution in [0.2, 0.25) is 0 Å². The van der Waals surface area contributed by atoms with Crippen molar-refractivity contribution in [2.24, 2.45) is 0 Å². The maximum atomic E-state index is 11.1. The van der Waals surface area contributed by atoms with Gasteiger partial charge in [-0.3, -0.25) is 0 Å². The van der Waals surface area contributed by atoms with Gasteiger partial charge >= 0.3 is 12.1 Å². The van der Waals surface area contributed by atoms with E-state index < -0.39 is 12.1 Å². The Morgan fingerprint density at radius 3 is 2.44 bits per heavy atom. The third-order valence-electron chi connectivity index (χ3n) is 1.80. The Kier molecular flexibility index (Phi) is 5.68. The largest absolute Gasteiger partial charge is 0.414 e. The molecule has 0 bridgehead atoms. The second kappa shape index (κ2) is 7.61. The molecule has 1 amide bonds. The van der Waals surface area contributed by atoms with Crippen LogP contribution in [0.15, 0.2) is 49.1 Å². The molecule has 2 aromatic rings. The number of ether oxygens (including phenoxy) is 1. The summed E-state index contributed by atoms with van der Waals surface area (Å²) in [6.45, 7) is 0. The lowest BCUT2D eigenvalue weighted by atomic mass is 10.2. The first kappa shape index (κ1) is 13.4. The predicted molar refractivity (Wildman–Crippen MR) is 64.9 cm³/mol. The standard InChI is InChI=1S/C9H9NO3.C3H4N2/c1-10-9(12)13-8(11)7-5-3-2-4-6-7;1-2-5-3-4-1/h2-6H,1H3,(H,10,12);1-3H,(H,4,5). The van der Waals surface area contributed by atoms with Crippen LogP contribution in [-0.4, -0.2) is 29.1 Å². The summed E-state index contributed by atoms with van der Waals surface area (Å²) in [4.78, 5) is 28.2. The number of esters is 1. The minimum absolute atomic E-state index is 0.353. The topological polar surface area (TPSA) is 84.1 Å². The van der Waals surface area contributed by atoms with Gasteiger partial charge in [-0.15, -0.1) is 0 Å². The normalized spacial score (nSPS) is 8.72. The van der Waals surface area contributed by atoms with Crippen molar-refractivity contribution < 1.29 is 14.3 Å². The first-order chi connectivity index (χ1) is 8.74. The fourth-order valence-corrected chi connectivity index (χ4v) is 0.984. The molecule has 0 unspecified atom stereocenters. The Morgan fingerprint density at radius 1 is 1.28 bits per heavy atom. The Balaban J connectivity index is 0.000000269. The van der Waals surface area contributed by atoms with Crippen LogP contribution in [0.1, 0.15) is 10.4 Å². The molecule has 0 aliphatic carbocycles. The van der Waals surface area contributed by atoms with Crippen molar-refractivity contribution in [1.82, 2.24) is 15.3 Å². The fraction of sp³-hybridized carbons (Fsp3) is 0.0833. The number of imidazole rings is 1. The minimum atomic E-state index is -0.756. The van der Waals surface area contributed by atoms with E-state index in [1.54, 1.807) is 49.1 Å². The number of benzene rings is 1. The van der Waals surface area contributed by atoms with Gasteiger partial charge in [-0.05, 0) is 12.1 Å². The van der Waals surface area contributed by atoms with Gasteiger partial charge in [-0.2, -0.15) is 0 Å². The molecule has 6 nitrogen and oxygen atoms in total. The molecule has 2 N–H and O–H groups in total. The fourth-order valence-electron chi connectivity index (χ4n) is 0.984. The summed E-state index contributed by atoms with van der Waals surface area (Å²) < 4.78 is 4.40. The molecule has 94 valence electrons. The molecule has 0 fully saturated rings. The molecule has 0 atom stereocenters. The van der Waals surface area contributed by atoms with Crippen LogP contribution in [0.4, 0.5) is 4.79 Å². The van der Waals surface area contributed by atoms with E-state index in [2.05, 4.69) is 20.0 Å². The van der Waals surface area contributed by atoms with Gasteiger partial charge in [0.15, 0.2) is 0 Å². The van der Waals surface area contributed by atoms with Crippen LogP contribution in [0, 0.1) is 0 Å². The molecular formula is C12H13N3O3. The van der Waals surface area contributed by atoms with Crippen LogP contribution in [0.25, 0.3) is 0 Å². The van der Waals surface area contributed by atoms with Gasteiger partial charge in [0.1, 0.15) is 0 Å². The first-order valence-electron chi connectivity index (χ1n) is 5.15. The van der Waals surface area contributed by atoms with Crippen LogP contribution < -0.4 is 5.32 Å². The average Bonchev–Trinajstić information content (AvgIpc) is 2.98. The highest BCUT2D eigenvalue weighted by atomic mass is 16.6. The van der Waals surface area contributed by atoms with Gasteiger partial charge in [0, 0.05) is 19.4 Å². The first-order valence-corrected chi connectivity index (χ1v) is 5.15. The molecule has 1 heterocycles. The van der Waals surface area contributed by atoms with Crippen molar-refractivity contribution in [2.75, 3.05) is 7.05 Å². The lowest BCUT2D eigenvalue weighted by molar-refractivity contribution is 0.0626. The van der Waals surface area contributed by atoms with E-state index in [1.807, 2.05) is 0 Å². The van der Waals surface area contributed by atoms with Gasteiger partial charge in [0.05, 0.1) is 11.9 Å². The van der Waals surface area contributed by atoms with Gasteiger partial charge in [-0.1, -0.05) is 18.2 Å². The smallest absolute Gasteiger partial charge is 0.373 e. The van der Waals surface area contributed by atoms with E-state index >= 15 is 0 Å². The Labute approximate surface area is 104 Å². The molecule has 0 aliphatic heterocycles. The molecule has 0 spiro atoms. The van der Waals surface area contributed by atoms with Crippen LogP contribution in [0.3, 0.4) is 0 Å². The SMILES string of the molecule is CNC(=O)OC(=O)c1ccccc1.c1c[nH]cn1. The summed E-state index contributed by atoms with van der Waals surface area (Å²) in [6.07, 6.45) is 4.33.